The Balaban J connectivity index is 1.89. The lowest BCUT2D eigenvalue weighted by Gasteiger charge is -2.32. The number of piperidine rings is 1. The first kappa shape index (κ1) is 15.7. The summed E-state index contributed by atoms with van der Waals surface area (Å²) in [4.78, 5) is 12.9. The number of carboxylic acid groups (broad SMARTS) is 1. The molecule has 1 aromatic rings. The van der Waals surface area contributed by atoms with Crippen LogP contribution in [-0.4, -0.2) is 34.4 Å². The molecular formula is C16H25N3O2. The predicted octanol–water partition coefficient (Wildman–Crippen LogP) is 2.86. The lowest BCUT2D eigenvalue weighted by molar-refractivity contribution is -0.137. The number of rotatable bonds is 4. The van der Waals surface area contributed by atoms with Crippen LogP contribution in [0.15, 0.2) is 12.1 Å². The number of aliphatic carboxylic acids is 1. The van der Waals surface area contributed by atoms with Gasteiger partial charge in [0.2, 0.25) is 0 Å². The minimum atomic E-state index is -0.693. The molecule has 0 bridgehead atoms. The standard InChI is InChI=1S/C16H25N3O2/c1-16(2,3)13-5-6-14(18-17-13)19-10-8-12(9-11-19)4-7-15(20)21/h5-6,12H,4,7-11H2,1-3H3,(H,20,21). The molecule has 1 fully saturated rings. The molecule has 21 heavy (non-hydrogen) atoms. The van der Waals surface area contributed by atoms with Crippen molar-refractivity contribution >= 4 is 11.8 Å². The SMILES string of the molecule is CC(C)(C)c1ccc(N2CCC(CCC(=O)O)CC2)nn1. The van der Waals surface area contributed by atoms with Crippen molar-refractivity contribution < 1.29 is 9.90 Å². The number of aromatic nitrogens is 2. The molecule has 5 nitrogen and oxygen atoms in total. The Kier molecular flexibility index (Phi) is 4.80. The molecule has 1 aliphatic heterocycles. The molecule has 1 N–H and O–H groups in total. The second-order valence-electron chi connectivity index (χ2n) is 6.89. The maximum Gasteiger partial charge on any atom is 0.303 e. The number of nitrogens with zero attached hydrogens (tertiary/aromatic N) is 3. The van der Waals surface area contributed by atoms with E-state index in [1.807, 2.05) is 6.07 Å². The molecule has 0 aliphatic carbocycles. The highest BCUT2D eigenvalue weighted by atomic mass is 16.4. The highest BCUT2D eigenvalue weighted by Gasteiger charge is 2.22. The van der Waals surface area contributed by atoms with Gasteiger partial charge in [-0.2, -0.15) is 5.10 Å². The lowest BCUT2D eigenvalue weighted by Crippen LogP contribution is -2.34. The van der Waals surface area contributed by atoms with Crippen LogP contribution in [0.1, 0.15) is 52.1 Å². The minimum absolute atomic E-state index is 0.0232. The van der Waals surface area contributed by atoms with Gasteiger partial charge in [0.15, 0.2) is 5.82 Å². The lowest BCUT2D eigenvalue weighted by atomic mass is 9.91. The Morgan fingerprint density at radius 3 is 2.43 bits per heavy atom. The van der Waals surface area contributed by atoms with Gasteiger partial charge in [0.1, 0.15) is 0 Å². The molecule has 1 aliphatic rings. The van der Waals surface area contributed by atoms with Crippen molar-refractivity contribution in [2.24, 2.45) is 5.92 Å². The average Bonchev–Trinajstić information content (AvgIpc) is 2.45. The van der Waals surface area contributed by atoms with Gasteiger partial charge in [0.05, 0.1) is 5.69 Å². The van der Waals surface area contributed by atoms with Crippen molar-refractivity contribution in [3.05, 3.63) is 17.8 Å². The first-order valence-corrected chi connectivity index (χ1v) is 7.67. The van der Waals surface area contributed by atoms with E-state index in [0.717, 1.165) is 43.9 Å². The molecule has 0 atom stereocenters. The molecule has 2 rings (SSSR count). The Labute approximate surface area is 126 Å². The van der Waals surface area contributed by atoms with Crippen molar-refractivity contribution in [3.8, 4) is 0 Å². The molecule has 0 saturated carbocycles. The van der Waals surface area contributed by atoms with Crippen molar-refractivity contribution in [3.63, 3.8) is 0 Å². The van der Waals surface area contributed by atoms with Gasteiger partial charge in [0.25, 0.3) is 0 Å². The van der Waals surface area contributed by atoms with Crippen molar-refractivity contribution in [1.29, 1.82) is 0 Å². The van der Waals surface area contributed by atoms with Crippen LogP contribution in [0.2, 0.25) is 0 Å². The van der Waals surface area contributed by atoms with Crippen LogP contribution >= 0.6 is 0 Å². The monoisotopic (exact) mass is 291 g/mol. The van der Waals surface area contributed by atoms with E-state index in [2.05, 4.69) is 41.9 Å². The zero-order valence-electron chi connectivity index (χ0n) is 13.2. The molecule has 0 unspecified atom stereocenters. The second-order valence-corrected chi connectivity index (χ2v) is 6.89. The smallest absolute Gasteiger partial charge is 0.303 e. The number of hydrogen-bond donors (Lipinski definition) is 1. The summed E-state index contributed by atoms with van der Waals surface area (Å²) in [6.07, 6.45) is 3.15. The van der Waals surface area contributed by atoms with Crippen LogP contribution in [0.4, 0.5) is 5.82 Å². The summed E-state index contributed by atoms with van der Waals surface area (Å²) in [5.41, 5.74) is 1.03. The molecule has 0 amide bonds. The summed E-state index contributed by atoms with van der Waals surface area (Å²) < 4.78 is 0. The highest BCUT2D eigenvalue weighted by Crippen LogP contribution is 2.26. The fraction of sp³-hybridized carbons (Fsp3) is 0.688. The zero-order valence-corrected chi connectivity index (χ0v) is 13.2. The summed E-state index contributed by atoms with van der Waals surface area (Å²) in [6, 6.07) is 4.10. The fourth-order valence-electron chi connectivity index (χ4n) is 2.67. The van der Waals surface area contributed by atoms with E-state index in [9.17, 15) is 4.79 Å². The zero-order chi connectivity index (χ0) is 15.5. The molecule has 116 valence electrons. The van der Waals surface area contributed by atoms with E-state index in [-0.39, 0.29) is 11.8 Å². The summed E-state index contributed by atoms with van der Waals surface area (Å²) in [6.45, 7) is 8.27. The minimum Gasteiger partial charge on any atom is -0.481 e. The van der Waals surface area contributed by atoms with Crippen molar-refractivity contribution in [2.45, 2.75) is 51.9 Å². The van der Waals surface area contributed by atoms with E-state index in [1.165, 1.54) is 0 Å². The maximum absolute atomic E-state index is 10.6. The number of carbonyl (C=O) groups is 1. The Morgan fingerprint density at radius 2 is 1.95 bits per heavy atom. The van der Waals surface area contributed by atoms with Crippen LogP contribution < -0.4 is 4.90 Å². The first-order valence-electron chi connectivity index (χ1n) is 7.67. The quantitative estimate of drug-likeness (QED) is 0.924. The fourth-order valence-corrected chi connectivity index (χ4v) is 2.67. The van der Waals surface area contributed by atoms with Crippen molar-refractivity contribution in [1.82, 2.24) is 10.2 Å². The van der Waals surface area contributed by atoms with Gasteiger partial charge in [-0.1, -0.05) is 20.8 Å². The van der Waals surface area contributed by atoms with E-state index in [4.69, 9.17) is 5.11 Å². The molecule has 0 spiro atoms. The molecule has 1 saturated heterocycles. The summed E-state index contributed by atoms with van der Waals surface area (Å²) in [5, 5.41) is 17.4. The van der Waals surface area contributed by atoms with Crippen LogP contribution in [-0.2, 0) is 10.2 Å². The van der Waals surface area contributed by atoms with E-state index in [1.54, 1.807) is 0 Å². The first-order chi connectivity index (χ1) is 9.86. The predicted molar refractivity (Wildman–Crippen MR) is 82.5 cm³/mol. The van der Waals surface area contributed by atoms with Gasteiger partial charge in [-0.3, -0.25) is 4.79 Å². The van der Waals surface area contributed by atoms with Crippen molar-refractivity contribution in [2.75, 3.05) is 18.0 Å². The van der Waals surface area contributed by atoms with Crippen LogP contribution in [0.3, 0.4) is 0 Å². The Hall–Kier alpha value is -1.65. The van der Waals surface area contributed by atoms with Gasteiger partial charge in [-0.15, -0.1) is 5.10 Å². The largest absolute Gasteiger partial charge is 0.481 e. The second kappa shape index (κ2) is 6.41. The molecule has 2 heterocycles. The van der Waals surface area contributed by atoms with Gasteiger partial charge >= 0.3 is 5.97 Å². The van der Waals surface area contributed by atoms with Crippen LogP contribution in [0.5, 0.6) is 0 Å². The van der Waals surface area contributed by atoms with Gasteiger partial charge in [-0.25, -0.2) is 0 Å². The third-order valence-electron chi connectivity index (χ3n) is 4.12. The molecular weight excluding hydrogens is 266 g/mol. The summed E-state index contributed by atoms with van der Waals surface area (Å²) in [5.74, 6) is 0.764. The Morgan fingerprint density at radius 1 is 1.29 bits per heavy atom. The van der Waals surface area contributed by atoms with E-state index < -0.39 is 5.97 Å². The van der Waals surface area contributed by atoms with Crippen LogP contribution in [0, 0.1) is 5.92 Å². The topological polar surface area (TPSA) is 66.3 Å². The molecule has 0 radical (unpaired) electrons. The van der Waals surface area contributed by atoms with Gasteiger partial charge in [-0.05, 0) is 37.3 Å². The average molecular weight is 291 g/mol. The van der Waals surface area contributed by atoms with E-state index in [0.29, 0.717) is 5.92 Å². The third-order valence-corrected chi connectivity index (χ3v) is 4.12. The highest BCUT2D eigenvalue weighted by molar-refractivity contribution is 5.66. The van der Waals surface area contributed by atoms with Gasteiger partial charge in [0, 0.05) is 24.9 Å². The number of hydrogen-bond acceptors (Lipinski definition) is 4. The molecule has 1 aromatic heterocycles. The number of carboxylic acids is 1. The third kappa shape index (κ3) is 4.41. The summed E-state index contributed by atoms with van der Waals surface area (Å²) in [7, 11) is 0. The van der Waals surface area contributed by atoms with E-state index >= 15 is 0 Å². The maximum atomic E-state index is 10.6. The molecule has 5 heteroatoms. The number of anilines is 1. The normalized spacial score (nSPS) is 17.0. The van der Waals surface area contributed by atoms with Gasteiger partial charge < -0.3 is 10.0 Å². The Bertz CT molecular complexity index is 471. The molecule has 0 aromatic carbocycles. The summed E-state index contributed by atoms with van der Waals surface area (Å²) >= 11 is 0. The van der Waals surface area contributed by atoms with Crippen LogP contribution in [0.25, 0.3) is 0 Å².